The van der Waals surface area contributed by atoms with Gasteiger partial charge in [0.25, 0.3) is 5.91 Å². The maximum absolute atomic E-state index is 13.7. The molecule has 3 aliphatic rings. The molecule has 192 valence electrons. The summed E-state index contributed by atoms with van der Waals surface area (Å²) >= 11 is 1.57. The van der Waals surface area contributed by atoms with Gasteiger partial charge in [0.1, 0.15) is 5.82 Å². The number of hydrogen-bond donors (Lipinski definition) is 0. The summed E-state index contributed by atoms with van der Waals surface area (Å²) < 4.78 is 15.8. The Morgan fingerprint density at radius 3 is 2.51 bits per heavy atom. The highest BCUT2D eigenvalue weighted by atomic mass is 32.2. The average Bonchev–Trinajstić information content (AvgIpc) is 3.45. The number of benzene rings is 2. The van der Waals surface area contributed by atoms with E-state index in [9.17, 15) is 9.18 Å². The summed E-state index contributed by atoms with van der Waals surface area (Å²) in [6.45, 7) is 0.618. The highest BCUT2D eigenvalue weighted by molar-refractivity contribution is 8.18. The van der Waals surface area contributed by atoms with Gasteiger partial charge in [-0.05, 0) is 85.0 Å². The molecule has 1 amide bonds. The van der Waals surface area contributed by atoms with Crippen LogP contribution in [0.25, 0.3) is 17.0 Å². The van der Waals surface area contributed by atoms with E-state index in [4.69, 9.17) is 4.99 Å². The Morgan fingerprint density at radius 2 is 1.73 bits per heavy atom. The number of halogens is 1. The van der Waals surface area contributed by atoms with Crippen LogP contribution in [0.15, 0.2) is 64.6 Å². The van der Waals surface area contributed by atoms with E-state index < -0.39 is 0 Å². The van der Waals surface area contributed by atoms with Crippen LogP contribution in [0.3, 0.4) is 0 Å². The Labute approximate surface area is 222 Å². The van der Waals surface area contributed by atoms with E-state index in [1.807, 2.05) is 23.2 Å². The number of aliphatic imine (C=N–C) groups is 1. The van der Waals surface area contributed by atoms with Crippen LogP contribution in [0, 0.1) is 5.82 Å². The van der Waals surface area contributed by atoms with Crippen LogP contribution in [-0.4, -0.2) is 32.6 Å². The van der Waals surface area contributed by atoms with Crippen molar-refractivity contribution >= 4 is 39.8 Å². The third kappa shape index (κ3) is 5.40. The first-order valence-corrected chi connectivity index (χ1v) is 14.6. The molecule has 3 aromatic rings. The monoisotopic (exact) mass is 515 g/mol. The molecule has 0 spiro atoms. The summed E-state index contributed by atoms with van der Waals surface area (Å²) in [6.07, 6.45) is 15.9. The molecule has 0 N–H and O–H groups in total. The van der Waals surface area contributed by atoms with E-state index in [2.05, 4.69) is 28.8 Å². The third-order valence-corrected chi connectivity index (χ3v) is 8.98. The van der Waals surface area contributed by atoms with Crippen molar-refractivity contribution < 1.29 is 9.18 Å². The smallest absolute Gasteiger partial charge is 0.266 e. The number of carbonyl (C=O) groups is 1. The maximum Gasteiger partial charge on any atom is 0.266 e. The minimum Gasteiger partial charge on any atom is -0.343 e. The number of aromatic nitrogens is 1. The molecule has 6 rings (SSSR count). The van der Waals surface area contributed by atoms with Crippen molar-refractivity contribution in [2.24, 2.45) is 4.99 Å². The second-order valence-corrected chi connectivity index (χ2v) is 11.7. The van der Waals surface area contributed by atoms with Crippen LogP contribution in [0.1, 0.15) is 75.3 Å². The molecule has 0 bridgehead atoms. The van der Waals surface area contributed by atoms with Crippen molar-refractivity contribution in [2.45, 2.75) is 82.8 Å². The average molecular weight is 516 g/mol. The molecule has 4 nitrogen and oxygen atoms in total. The van der Waals surface area contributed by atoms with Crippen molar-refractivity contribution in [3.63, 3.8) is 0 Å². The summed E-state index contributed by atoms with van der Waals surface area (Å²) in [5, 5.41) is 2.04. The zero-order valence-electron chi connectivity index (χ0n) is 21.2. The molecule has 0 radical (unpaired) electrons. The first-order valence-electron chi connectivity index (χ1n) is 13.8. The van der Waals surface area contributed by atoms with Crippen LogP contribution < -0.4 is 0 Å². The molecular weight excluding hydrogens is 481 g/mol. The van der Waals surface area contributed by atoms with E-state index >= 15 is 0 Å². The summed E-state index contributed by atoms with van der Waals surface area (Å²) in [5.41, 5.74) is 3.05. The number of nitrogens with zero attached hydrogens (tertiary/aromatic N) is 3. The Kier molecular flexibility index (Phi) is 7.18. The van der Waals surface area contributed by atoms with Gasteiger partial charge >= 0.3 is 0 Å². The van der Waals surface area contributed by atoms with E-state index in [0.717, 1.165) is 57.8 Å². The zero-order chi connectivity index (χ0) is 25.2. The topological polar surface area (TPSA) is 37.6 Å². The van der Waals surface area contributed by atoms with E-state index in [0.29, 0.717) is 12.6 Å². The second kappa shape index (κ2) is 10.9. The Hall–Kier alpha value is -2.86. The van der Waals surface area contributed by atoms with E-state index in [1.165, 1.54) is 44.6 Å². The van der Waals surface area contributed by atoms with Crippen molar-refractivity contribution in [3.8, 4) is 0 Å². The SMILES string of the molecule is O=C1/C(=C\c2ccc3c(ccn3Cc3cccc(F)c3)c2)SC(=NC2CCCCC2)N1C1CCCCC1. The Balaban J connectivity index is 1.27. The van der Waals surface area contributed by atoms with Gasteiger partial charge in [0.2, 0.25) is 0 Å². The molecule has 2 aromatic carbocycles. The van der Waals surface area contributed by atoms with Crippen molar-refractivity contribution in [1.82, 2.24) is 9.47 Å². The summed E-state index contributed by atoms with van der Waals surface area (Å²) in [6, 6.07) is 15.8. The lowest BCUT2D eigenvalue weighted by Gasteiger charge is -2.31. The molecule has 1 aromatic heterocycles. The predicted octanol–water partition coefficient (Wildman–Crippen LogP) is 7.77. The molecule has 6 heteroatoms. The van der Waals surface area contributed by atoms with Gasteiger partial charge in [-0.3, -0.25) is 14.7 Å². The van der Waals surface area contributed by atoms with Crippen molar-refractivity contribution in [1.29, 1.82) is 0 Å². The maximum atomic E-state index is 13.7. The highest BCUT2D eigenvalue weighted by Gasteiger charge is 2.39. The number of thioether (sulfide) groups is 1. The van der Waals surface area contributed by atoms with Gasteiger partial charge in [-0.15, -0.1) is 0 Å². The van der Waals surface area contributed by atoms with Crippen LogP contribution >= 0.6 is 11.8 Å². The molecular formula is C31H34FN3OS. The number of rotatable bonds is 5. The fourth-order valence-electron chi connectivity index (χ4n) is 6.03. The van der Waals surface area contributed by atoms with Gasteiger partial charge in [-0.1, -0.05) is 56.7 Å². The van der Waals surface area contributed by atoms with Gasteiger partial charge in [0.05, 0.1) is 10.9 Å². The second-order valence-electron chi connectivity index (χ2n) is 10.7. The summed E-state index contributed by atoms with van der Waals surface area (Å²) in [5.74, 6) is -0.0921. The van der Waals surface area contributed by atoms with Gasteiger partial charge in [-0.2, -0.15) is 0 Å². The lowest BCUT2D eigenvalue weighted by Crippen LogP contribution is -2.41. The molecule has 1 aliphatic heterocycles. The van der Waals surface area contributed by atoms with E-state index in [-0.39, 0.29) is 17.8 Å². The van der Waals surface area contributed by atoms with Gasteiger partial charge in [-0.25, -0.2) is 4.39 Å². The Morgan fingerprint density at radius 1 is 0.946 bits per heavy atom. The van der Waals surface area contributed by atoms with Crippen LogP contribution in [0.5, 0.6) is 0 Å². The van der Waals surface area contributed by atoms with Crippen molar-refractivity contribution in [2.75, 3.05) is 0 Å². The lowest BCUT2D eigenvalue weighted by atomic mass is 9.94. The van der Waals surface area contributed by atoms with Crippen LogP contribution in [-0.2, 0) is 11.3 Å². The molecule has 0 unspecified atom stereocenters. The number of hydrogen-bond acceptors (Lipinski definition) is 3. The predicted molar refractivity (Wildman–Crippen MR) is 151 cm³/mol. The third-order valence-electron chi connectivity index (χ3n) is 7.98. The first-order chi connectivity index (χ1) is 18.1. The fourth-order valence-corrected chi connectivity index (χ4v) is 7.14. The van der Waals surface area contributed by atoms with Gasteiger partial charge < -0.3 is 4.57 Å². The number of carbonyl (C=O) groups excluding carboxylic acids is 1. The van der Waals surface area contributed by atoms with Crippen molar-refractivity contribution in [3.05, 3.63) is 76.6 Å². The first kappa shape index (κ1) is 24.5. The minimum atomic E-state index is -0.213. The molecule has 2 saturated carbocycles. The van der Waals surface area contributed by atoms with Crippen LogP contribution in [0.2, 0.25) is 0 Å². The van der Waals surface area contributed by atoms with Gasteiger partial charge in [0, 0.05) is 29.7 Å². The standard InChI is InChI=1S/C31H34FN3OS/c32-25-9-7-8-23(19-25)21-34-17-16-24-18-22(14-15-28(24)34)20-29-30(36)35(27-12-5-2-6-13-27)31(37-29)33-26-10-3-1-4-11-26/h7-9,14-20,26-27H,1-6,10-13,21H2/b29-20+,33-31?. The largest absolute Gasteiger partial charge is 0.343 e. The number of amidine groups is 1. The lowest BCUT2D eigenvalue weighted by molar-refractivity contribution is -0.124. The Bertz CT molecular complexity index is 1350. The summed E-state index contributed by atoms with van der Waals surface area (Å²) in [7, 11) is 0. The number of amides is 1. The quantitative estimate of drug-likeness (QED) is 0.326. The van der Waals surface area contributed by atoms with Crippen LogP contribution in [0.4, 0.5) is 4.39 Å². The summed E-state index contributed by atoms with van der Waals surface area (Å²) in [4.78, 5) is 21.6. The molecule has 2 heterocycles. The van der Waals surface area contributed by atoms with Gasteiger partial charge in [0.15, 0.2) is 5.17 Å². The highest BCUT2D eigenvalue weighted by Crippen LogP contribution is 2.38. The normalized spacial score (nSPS) is 22.1. The fraction of sp³-hybridized carbons (Fsp3) is 0.419. The molecule has 3 fully saturated rings. The molecule has 1 saturated heterocycles. The van der Waals surface area contributed by atoms with E-state index in [1.54, 1.807) is 23.9 Å². The minimum absolute atomic E-state index is 0.121. The molecule has 0 atom stereocenters. The molecule has 2 aliphatic carbocycles. The number of fused-ring (bicyclic) bond motifs is 1. The molecule has 37 heavy (non-hydrogen) atoms. The zero-order valence-corrected chi connectivity index (χ0v) is 22.1.